The smallest absolute Gasteiger partial charge is 0.255 e. The molecule has 4 aromatic rings. The summed E-state index contributed by atoms with van der Waals surface area (Å²) in [5, 5.41) is 7.98. The molecule has 0 aliphatic carbocycles. The molecule has 0 spiro atoms. The van der Waals surface area contributed by atoms with Crippen LogP contribution in [0.2, 0.25) is 0 Å². The van der Waals surface area contributed by atoms with Crippen LogP contribution in [0, 0.1) is 0 Å². The second-order valence-corrected chi connectivity index (χ2v) is 6.01. The SMILES string of the molecule is O=C(Nc1cccc(OCCn2cccn2)c1)c1ccc2ncccc2c1. The van der Waals surface area contributed by atoms with Crippen molar-refractivity contribution < 1.29 is 9.53 Å². The normalized spacial score (nSPS) is 10.7. The van der Waals surface area contributed by atoms with Crippen LogP contribution in [0.3, 0.4) is 0 Å². The van der Waals surface area contributed by atoms with Crippen molar-refractivity contribution in [1.82, 2.24) is 14.8 Å². The third kappa shape index (κ3) is 4.12. The van der Waals surface area contributed by atoms with E-state index in [2.05, 4.69) is 15.4 Å². The fourth-order valence-electron chi connectivity index (χ4n) is 2.77. The van der Waals surface area contributed by atoms with E-state index in [1.165, 1.54) is 0 Å². The summed E-state index contributed by atoms with van der Waals surface area (Å²) >= 11 is 0. The number of rotatable bonds is 6. The zero-order valence-electron chi connectivity index (χ0n) is 14.6. The van der Waals surface area contributed by atoms with Crippen LogP contribution in [0.4, 0.5) is 5.69 Å². The highest BCUT2D eigenvalue weighted by Crippen LogP contribution is 2.19. The molecule has 0 aliphatic rings. The predicted octanol–water partition coefficient (Wildman–Crippen LogP) is 3.76. The van der Waals surface area contributed by atoms with Gasteiger partial charge in [0.2, 0.25) is 0 Å². The molecule has 1 amide bonds. The van der Waals surface area contributed by atoms with Gasteiger partial charge in [0.15, 0.2) is 0 Å². The zero-order valence-corrected chi connectivity index (χ0v) is 14.6. The maximum absolute atomic E-state index is 12.6. The molecule has 6 heteroatoms. The predicted molar refractivity (Wildman–Crippen MR) is 104 cm³/mol. The Morgan fingerprint density at radius 2 is 2.00 bits per heavy atom. The van der Waals surface area contributed by atoms with Gasteiger partial charge in [0.1, 0.15) is 12.4 Å². The van der Waals surface area contributed by atoms with Crippen LogP contribution in [-0.4, -0.2) is 27.3 Å². The minimum absolute atomic E-state index is 0.172. The summed E-state index contributed by atoms with van der Waals surface area (Å²) in [4.78, 5) is 16.8. The lowest BCUT2D eigenvalue weighted by Gasteiger charge is -2.10. The van der Waals surface area contributed by atoms with E-state index >= 15 is 0 Å². The van der Waals surface area contributed by atoms with Crippen molar-refractivity contribution in [3.63, 3.8) is 0 Å². The molecular weight excluding hydrogens is 340 g/mol. The number of hydrogen-bond acceptors (Lipinski definition) is 4. The quantitative estimate of drug-likeness (QED) is 0.570. The Labute approximate surface area is 156 Å². The van der Waals surface area contributed by atoms with Crippen molar-refractivity contribution >= 4 is 22.5 Å². The van der Waals surface area contributed by atoms with Crippen molar-refractivity contribution in [3.05, 3.63) is 84.8 Å². The Bertz CT molecular complexity index is 1060. The number of nitrogens with one attached hydrogen (secondary N) is 1. The number of carbonyl (C=O) groups excluding carboxylic acids is 1. The molecule has 0 unspecified atom stereocenters. The van der Waals surface area contributed by atoms with E-state index < -0.39 is 0 Å². The third-order valence-electron chi connectivity index (χ3n) is 4.11. The summed E-state index contributed by atoms with van der Waals surface area (Å²) in [6.07, 6.45) is 5.36. The zero-order chi connectivity index (χ0) is 18.5. The number of fused-ring (bicyclic) bond motifs is 1. The van der Waals surface area contributed by atoms with Gasteiger partial charge >= 0.3 is 0 Å². The number of benzene rings is 2. The first-order valence-corrected chi connectivity index (χ1v) is 8.64. The van der Waals surface area contributed by atoms with Gasteiger partial charge in [-0.25, -0.2) is 0 Å². The van der Waals surface area contributed by atoms with Gasteiger partial charge in [0, 0.05) is 41.3 Å². The molecule has 0 saturated carbocycles. The number of amides is 1. The molecule has 27 heavy (non-hydrogen) atoms. The molecule has 4 rings (SSSR count). The van der Waals surface area contributed by atoms with Crippen LogP contribution in [0.25, 0.3) is 10.9 Å². The molecule has 1 N–H and O–H groups in total. The fourth-order valence-corrected chi connectivity index (χ4v) is 2.77. The minimum Gasteiger partial charge on any atom is -0.492 e. The number of ether oxygens (including phenoxy) is 1. The second kappa shape index (κ2) is 7.70. The molecule has 0 bridgehead atoms. The number of nitrogens with zero attached hydrogens (tertiary/aromatic N) is 3. The number of hydrogen-bond donors (Lipinski definition) is 1. The van der Waals surface area contributed by atoms with Crippen LogP contribution >= 0.6 is 0 Å². The maximum Gasteiger partial charge on any atom is 0.255 e. The molecule has 134 valence electrons. The summed E-state index contributed by atoms with van der Waals surface area (Å²) in [5.41, 5.74) is 2.13. The van der Waals surface area contributed by atoms with Crippen molar-refractivity contribution in [2.45, 2.75) is 6.54 Å². The molecule has 0 aliphatic heterocycles. The first-order valence-electron chi connectivity index (χ1n) is 8.64. The van der Waals surface area contributed by atoms with Crippen LogP contribution in [0.1, 0.15) is 10.4 Å². The summed E-state index contributed by atoms with van der Waals surface area (Å²) < 4.78 is 7.55. The first kappa shape index (κ1) is 16.8. The van der Waals surface area contributed by atoms with Gasteiger partial charge < -0.3 is 10.1 Å². The number of pyridine rings is 1. The van der Waals surface area contributed by atoms with Gasteiger partial charge in [-0.1, -0.05) is 12.1 Å². The molecule has 0 fully saturated rings. The van der Waals surface area contributed by atoms with E-state index in [4.69, 9.17) is 4.74 Å². The standard InChI is InChI=1S/C21H18N4O2/c26-21(17-7-8-20-16(14-17)4-2-9-22-20)24-18-5-1-6-19(15-18)27-13-12-25-11-3-10-23-25/h1-11,14-15H,12-13H2,(H,24,26). The fraction of sp³-hybridized carbons (Fsp3) is 0.0952. The Kier molecular flexibility index (Phi) is 4.78. The van der Waals surface area contributed by atoms with Crippen LogP contribution in [-0.2, 0) is 6.54 Å². The van der Waals surface area contributed by atoms with Gasteiger partial charge in [-0.3, -0.25) is 14.5 Å². The minimum atomic E-state index is -0.172. The van der Waals surface area contributed by atoms with E-state index in [1.54, 1.807) is 23.1 Å². The van der Waals surface area contributed by atoms with E-state index in [9.17, 15) is 4.79 Å². The summed E-state index contributed by atoms with van der Waals surface area (Å²) in [6.45, 7) is 1.16. The van der Waals surface area contributed by atoms with Crippen molar-refractivity contribution in [2.24, 2.45) is 0 Å². The number of anilines is 1. The van der Waals surface area contributed by atoms with Gasteiger partial charge in [-0.2, -0.15) is 5.10 Å². The van der Waals surface area contributed by atoms with Crippen LogP contribution in [0.5, 0.6) is 5.75 Å². The summed E-state index contributed by atoms with van der Waals surface area (Å²) in [6, 6.07) is 18.5. The third-order valence-corrected chi connectivity index (χ3v) is 4.11. The lowest BCUT2D eigenvalue weighted by Crippen LogP contribution is -2.12. The maximum atomic E-state index is 12.6. The van der Waals surface area contributed by atoms with E-state index in [0.717, 1.165) is 10.9 Å². The number of aromatic nitrogens is 3. The molecule has 6 nitrogen and oxygen atoms in total. The van der Waals surface area contributed by atoms with E-state index in [1.807, 2.05) is 60.8 Å². The second-order valence-electron chi connectivity index (χ2n) is 6.01. The van der Waals surface area contributed by atoms with Gasteiger partial charge in [-0.05, 0) is 42.5 Å². The topological polar surface area (TPSA) is 69.0 Å². The van der Waals surface area contributed by atoms with Crippen molar-refractivity contribution in [3.8, 4) is 5.75 Å². The highest BCUT2D eigenvalue weighted by atomic mass is 16.5. The monoisotopic (exact) mass is 358 g/mol. The summed E-state index contributed by atoms with van der Waals surface area (Å²) in [7, 11) is 0. The van der Waals surface area contributed by atoms with Gasteiger partial charge in [0.25, 0.3) is 5.91 Å². The molecular formula is C21H18N4O2. The molecule has 2 heterocycles. The van der Waals surface area contributed by atoms with E-state index in [0.29, 0.717) is 30.2 Å². The summed E-state index contributed by atoms with van der Waals surface area (Å²) in [5.74, 6) is 0.525. The Morgan fingerprint density at radius 1 is 1.04 bits per heavy atom. The Morgan fingerprint density at radius 3 is 2.89 bits per heavy atom. The highest BCUT2D eigenvalue weighted by Gasteiger charge is 2.08. The van der Waals surface area contributed by atoms with Gasteiger partial charge in [0.05, 0.1) is 12.1 Å². The molecule has 0 radical (unpaired) electrons. The molecule has 0 atom stereocenters. The van der Waals surface area contributed by atoms with Crippen LogP contribution in [0.15, 0.2) is 79.3 Å². The average molecular weight is 358 g/mol. The largest absolute Gasteiger partial charge is 0.492 e. The van der Waals surface area contributed by atoms with Crippen molar-refractivity contribution in [2.75, 3.05) is 11.9 Å². The Hall–Kier alpha value is -3.67. The molecule has 2 aromatic heterocycles. The van der Waals surface area contributed by atoms with Gasteiger partial charge in [-0.15, -0.1) is 0 Å². The average Bonchev–Trinajstić information content (AvgIpc) is 3.21. The molecule has 0 saturated heterocycles. The highest BCUT2D eigenvalue weighted by molar-refractivity contribution is 6.06. The van der Waals surface area contributed by atoms with E-state index in [-0.39, 0.29) is 5.91 Å². The lowest BCUT2D eigenvalue weighted by molar-refractivity contribution is 0.102. The first-order chi connectivity index (χ1) is 13.3. The Balaban J connectivity index is 1.41. The lowest BCUT2D eigenvalue weighted by atomic mass is 10.1. The van der Waals surface area contributed by atoms with Crippen molar-refractivity contribution in [1.29, 1.82) is 0 Å². The molecule has 2 aromatic carbocycles. The number of carbonyl (C=O) groups is 1. The van der Waals surface area contributed by atoms with Crippen LogP contribution < -0.4 is 10.1 Å².